The third kappa shape index (κ3) is 5.18. The number of hydrogen-bond acceptors (Lipinski definition) is 6. The summed E-state index contributed by atoms with van der Waals surface area (Å²) in [7, 11) is -1.23. The summed E-state index contributed by atoms with van der Waals surface area (Å²) in [5.74, 6) is 0.0776. The van der Waals surface area contributed by atoms with Gasteiger partial charge in [-0.15, -0.1) is 0 Å². The molecule has 0 aliphatic heterocycles. The van der Waals surface area contributed by atoms with Crippen molar-refractivity contribution in [3.63, 3.8) is 0 Å². The molecular formula is C30H29N3O5S. The Labute approximate surface area is 227 Å². The fraction of sp³-hybridized carbons (Fsp3) is 0.200. The van der Waals surface area contributed by atoms with Crippen LogP contribution in [0, 0.1) is 6.92 Å². The van der Waals surface area contributed by atoms with Crippen molar-refractivity contribution in [3.8, 4) is 11.5 Å². The Bertz CT molecular complexity index is 1670. The molecule has 0 unspecified atom stereocenters. The number of methoxy groups -OCH3 is 2. The van der Waals surface area contributed by atoms with Gasteiger partial charge in [-0.25, -0.2) is 13.8 Å². The van der Waals surface area contributed by atoms with E-state index in [2.05, 4.69) is 22.7 Å². The molecule has 0 saturated heterocycles. The molecule has 4 aromatic rings. The number of nitrogens with zero attached hydrogens (tertiary/aromatic N) is 2. The Morgan fingerprint density at radius 3 is 2.44 bits per heavy atom. The van der Waals surface area contributed by atoms with Crippen LogP contribution in [-0.4, -0.2) is 41.3 Å². The molecule has 8 nitrogen and oxygen atoms in total. The van der Waals surface area contributed by atoms with E-state index in [0.29, 0.717) is 5.75 Å². The average molecular weight is 544 g/mol. The number of hydrogen-bond donors (Lipinski definition) is 1. The minimum Gasteiger partial charge on any atom is -0.497 e. The van der Waals surface area contributed by atoms with Gasteiger partial charge in [-0.1, -0.05) is 48.0 Å². The van der Waals surface area contributed by atoms with Crippen molar-refractivity contribution in [1.29, 1.82) is 0 Å². The zero-order valence-corrected chi connectivity index (χ0v) is 22.8. The summed E-state index contributed by atoms with van der Waals surface area (Å²) in [6.07, 6.45) is 3.62. The van der Waals surface area contributed by atoms with Gasteiger partial charge in [-0.2, -0.15) is 5.10 Å². The Hall–Kier alpha value is -4.37. The molecule has 0 bridgehead atoms. The number of sulfonamides is 1. The summed E-state index contributed by atoms with van der Waals surface area (Å²) in [4.78, 5) is 13.1. The van der Waals surface area contributed by atoms with Crippen molar-refractivity contribution in [2.24, 2.45) is 5.10 Å². The standard InChI is InChI=1S/C30H29N3O5S/c1-20-7-14-25(15-8-20)39(35,36)33(27-17-24(37-2)13-16-28(27)38-3)19-29(34)32-31-18-23-12-11-22-10-9-21-5-4-6-26(23)30(21)22/h4-8,11-18H,9-10,19H2,1-3H3,(H,32,34)/b31-18-. The Morgan fingerprint density at radius 1 is 0.974 bits per heavy atom. The van der Waals surface area contributed by atoms with E-state index >= 15 is 0 Å². The van der Waals surface area contributed by atoms with Crippen LogP contribution in [0.25, 0.3) is 10.8 Å². The lowest BCUT2D eigenvalue weighted by Crippen LogP contribution is -2.39. The molecule has 1 amide bonds. The summed E-state index contributed by atoms with van der Waals surface area (Å²) in [6.45, 7) is 1.34. The number of ether oxygens (including phenoxy) is 2. The van der Waals surface area contributed by atoms with Crippen molar-refractivity contribution >= 4 is 38.6 Å². The Balaban J connectivity index is 1.44. The summed E-state index contributed by atoms with van der Waals surface area (Å²) in [5, 5.41) is 6.48. The van der Waals surface area contributed by atoms with Crippen molar-refractivity contribution in [2.45, 2.75) is 24.7 Å². The van der Waals surface area contributed by atoms with Crippen LogP contribution in [0.3, 0.4) is 0 Å². The molecule has 39 heavy (non-hydrogen) atoms. The highest BCUT2D eigenvalue weighted by atomic mass is 32.2. The molecule has 0 heterocycles. The van der Waals surface area contributed by atoms with E-state index in [1.54, 1.807) is 30.5 Å². The molecular weight excluding hydrogens is 514 g/mol. The highest BCUT2D eigenvalue weighted by molar-refractivity contribution is 7.92. The number of benzene rings is 4. The molecule has 0 spiro atoms. The number of carbonyl (C=O) groups is 1. The molecule has 0 aromatic heterocycles. The van der Waals surface area contributed by atoms with E-state index in [4.69, 9.17) is 9.47 Å². The van der Waals surface area contributed by atoms with E-state index in [-0.39, 0.29) is 16.3 Å². The molecule has 9 heteroatoms. The molecule has 0 fully saturated rings. The van der Waals surface area contributed by atoms with Gasteiger partial charge in [0.2, 0.25) is 0 Å². The fourth-order valence-corrected chi connectivity index (χ4v) is 6.27. The van der Waals surface area contributed by atoms with Crippen LogP contribution >= 0.6 is 0 Å². The van der Waals surface area contributed by atoms with Crippen LogP contribution < -0.4 is 19.2 Å². The summed E-state index contributed by atoms with van der Waals surface area (Å²) in [5.41, 5.74) is 7.07. The normalized spacial score (nSPS) is 12.6. The second-order valence-electron chi connectivity index (χ2n) is 9.31. The Morgan fingerprint density at radius 2 is 1.72 bits per heavy atom. The van der Waals surface area contributed by atoms with Gasteiger partial charge in [0.05, 0.1) is 31.0 Å². The van der Waals surface area contributed by atoms with Gasteiger partial charge in [0.1, 0.15) is 18.0 Å². The lowest BCUT2D eigenvalue weighted by molar-refractivity contribution is -0.119. The quantitative estimate of drug-likeness (QED) is 0.246. The monoisotopic (exact) mass is 543 g/mol. The Kier molecular flexibility index (Phi) is 7.26. The van der Waals surface area contributed by atoms with Crippen LogP contribution in [-0.2, 0) is 27.7 Å². The van der Waals surface area contributed by atoms with Gasteiger partial charge in [0.25, 0.3) is 15.9 Å². The van der Waals surface area contributed by atoms with Crippen molar-refractivity contribution < 1.29 is 22.7 Å². The highest BCUT2D eigenvalue weighted by Crippen LogP contribution is 2.36. The number of amides is 1. The summed E-state index contributed by atoms with van der Waals surface area (Å²) < 4.78 is 39.3. The van der Waals surface area contributed by atoms with Crippen LogP contribution in [0.4, 0.5) is 5.69 Å². The minimum absolute atomic E-state index is 0.0437. The van der Waals surface area contributed by atoms with Gasteiger partial charge in [-0.3, -0.25) is 9.10 Å². The molecule has 0 saturated carbocycles. The van der Waals surface area contributed by atoms with Crippen molar-refractivity contribution in [3.05, 3.63) is 95.1 Å². The van der Waals surface area contributed by atoms with Gasteiger partial charge >= 0.3 is 0 Å². The predicted molar refractivity (Wildman–Crippen MR) is 152 cm³/mol. The average Bonchev–Trinajstić information content (AvgIpc) is 3.37. The van der Waals surface area contributed by atoms with Crippen LogP contribution in [0.2, 0.25) is 0 Å². The van der Waals surface area contributed by atoms with E-state index in [1.807, 2.05) is 25.1 Å². The van der Waals surface area contributed by atoms with E-state index in [9.17, 15) is 13.2 Å². The van der Waals surface area contributed by atoms with Crippen LogP contribution in [0.15, 0.2) is 82.8 Å². The van der Waals surface area contributed by atoms with Gasteiger partial charge in [-0.05, 0) is 65.9 Å². The SMILES string of the molecule is COc1ccc(OC)c(N(CC(=O)N/N=C\c2ccc3c4c(cccc24)CC3)S(=O)(=O)c2ccc(C)cc2)c1. The van der Waals surface area contributed by atoms with Crippen LogP contribution in [0.5, 0.6) is 11.5 Å². The fourth-order valence-electron chi connectivity index (χ4n) is 4.85. The van der Waals surface area contributed by atoms with Crippen LogP contribution in [0.1, 0.15) is 22.3 Å². The molecule has 0 atom stereocenters. The predicted octanol–water partition coefficient (Wildman–Crippen LogP) is 4.61. The molecule has 1 aliphatic carbocycles. The maximum absolute atomic E-state index is 13.8. The first-order valence-corrected chi connectivity index (χ1v) is 13.9. The number of hydrazone groups is 1. The number of carbonyl (C=O) groups excluding carboxylic acids is 1. The van der Waals surface area contributed by atoms with E-state index < -0.39 is 22.5 Å². The number of rotatable bonds is 9. The zero-order chi connectivity index (χ0) is 27.6. The topological polar surface area (TPSA) is 97.3 Å². The number of nitrogens with one attached hydrogen (secondary N) is 1. The van der Waals surface area contributed by atoms with Gasteiger partial charge in [0.15, 0.2) is 0 Å². The van der Waals surface area contributed by atoms with E-state index in [0.717, 1.165) is 33.7 Å². The lowest BCUT2D eigenvalue weighted by atomic mass is 10.0. The summed E-state index contributed by atoms with van der Waals surface area (Å²) in [6, 6.07) is 21.5. The molecule has 0 radical (unpaired) electrons. The second-order valence-corrected chi connectivity index (χ2v) is 11.2. The van der Waals surface area contributed by atoms with Gasteiger partial charge < -0.3 is 9.47 Å². The third-order valence-corrected chi connectivity index (χ3v) is 8.63. The maximum atomic E-state index is 13.8. The lowest BCUT2D eigenvalue weighted by Gasteiger charge is -2.25. The van der Waals surface area contributed by atoms with Crippen molar-refractivity contribution in [1.82, 2.24) is 5.43 Å². The zero-order valence-electron chi connectivity index (χ0n) is 22.0. The first-order chi connectivity index (χ1) is 18.8. The molecule has 4 aromatic carbocycles. The maximum Gasteiger partial charge on any atom is 0.264 e. The highest BCUT2D eigenvalue weighted by Gasteiger charge is 2.30. The molecule has 1 N–H and O–H groups in total. The molecule has 5 rings (SSSR count). The number of anilines is 1. The molecule has 200 valence electrons. The molecule has 1 aliphatic rings. The minimum atomic E-state index is -4.15. The van der Waals surface area contributed by atoms with Gasteiger partial charge in [0, 0.05) is 11.6 Å². The summed E-state index contributed by atoms with van der Waals surface area (Å²) >= 11 is 0. The first-order valence-electron chi connectivity index (χ1n) is 12.5. The largest absolute Gasteiger partial charge is 0.497 e. The van der Waals surface area contributed by atoms with E-state index in [1.165, 1.54) is 48.9 Å². The first kappa shape index (κ1) is 26.2. The third-order valence-electron chi connectivity index (χ3n) is 6.85. The second kappa shape index (κ2) is 10.8. The smallest absolute Gasteiger partial charge is 0.264 e. The number of aryl methyl sites for hydroxylation is 3. The van der Waals surface area contributed by atoms with Crippen molar-refractivity contribution in [2.75, 3.05) is 25.1 Å².